The highest BCUT2D eigenvalue weighted by molar-refractivity contribution is 5.37. The van der Waals surface area contributed by atoms with E-state index in [0.29, 0.717) is 16.7 Å². The molecule has 1 unspecified atom stereocenters. The molecule has 4 aliphatic carbocycles. The van der Waals surface area contributed by atoms with Crippen molar-refractivity contribution in [3.05, 3.63) is 35.9 Å². The molecule has 4 saturated carbocycles. The lowest BCUT2D eigenvalue weighted by molar-refractivity contribution is -0.137. The molecule has 2 heteroatoms. The first-order valence-electron chi connectivity index (χ1n) is 20.3. The lowest BCUT2D eigenvalue weighted by atomic mass is 9.49. The summed E-state index contributed by atoms with van der Waals surface area (Å²) in [4.78, 5) is 11.3. The molecule has 4 aliphatic rings. The summed E-state index contributed by atoms with van der Waals surface area (Å²) in [5, 5.41) is 0. The summed E-state index contributed by atoms with van der Waals surface area (Å²) in [5.41, 5.74) is 2.52. The van der Waals surface area contributed by atoms with Crippen LogP contribution in [0.5, 0.6) is 0 Å². The van der Waals surface area contributed by atoms with Gasteiger partial charge in [-0.15, -0.1) is 0 Å². The topological polar surface area (TPSA) is 26.3 Å². The van der Waals surface area contributed by atoms with Crippen LogP contribution < -0.4 is 0 Å². The molecule has 0 radical (unpaired) electrons. The Hall–Kier alpha value is -1.31. The number of carbonyl (C=O) groups excluding carboxylic acids is 1. The van der Waals surface area contributed by atoms with Gasteiger partial charge in [-0.05, 0) is 117 Å². The van der Waals surface area contributed by atoms with Gasteiger partial charge in [0.1, 0.15) is 6.10 Å². The van der Waals surface area contributed by atoms with Crippen molar-refractivity contribution in [2.24, 2.45) is 34.5 Å². The van der Waals surface area contributed by atoms with Crippen LogP contribution in [0, 0.1) is 34.5 Å². The zero-order valence-corrected chi connectivity index (χ0v) is 29.6. The summed E-state index contributed by atoms with van der Waals surface area (Å²) in [7, 11) is 0. The maximum atomic E-state index is 11.3. The van der Waals surface area contributed by atoms with E-state index in [4.69, 9.17) is 4.74 Å². The average molecular weight is 619 g/mol. The largest absolute Gasteiger partial charge is 0.465 e. The van der Waals surface area contributed by atoms with Crippen molar-refractivity contribution in [1.82, 2.24) is 0 Å². The van der Waals surface area contributed by atoms with Crippen LogP contribution in [0.4, 0.5) is 0 Å². The van der Waals surface area contributed by atoms with Gasteiger partial charge in [0, 0.05) is 0 Å². The fourth-order valence-electron chi connectivity index (χ4n) is 11.6. The molecule has 0 N–H and O–H groups in total. The van der Waals surface area contributed by atoms with Gasteiger partial charge in [0.2, 0.25) is 0 Å². The Labute approximate surface area is 278 Å². The van der Waals surface area contributed by atoms with Gasteiger partial charge in [0.05, 0.1) is 0 Å². The van der Waals surface area contributed by atoms with Crippen LogP contribution in [-0.4, -0.2) is 12.6 Å². The first kappa shape index (κ1) is 35.0. The highest BCUT2D eigenvalue weighted by Crippen LogP contribution is 2.63. The third-order valence-corrected chi connectivity index (χ3v) is 14.3. The van der Waals surface area contributed by atoms with Gasteiger partial charge in [-0.25, -0.2) is 0 Å². The maximum Gasteiger partial charge on any atom is 0.293 e. The van der Waals surface area contributed by atoms with Crippen molar-refractivity contribution in [2.45, 2.75) is 193 Å². The van der Waals surface area contributed by atoms with Crippen molar-refractivity contribution in [3.63, 3.8) is 0 Å². The highest BCUT2D eigenvalue weighted by atomic mass is 16.5. The standard InChI is InChI=1S/C43H70O2/c1-3-5-9-15-35-19-23-38(24-20-35)42(31-27-40(28-32-42)45-34-44)33-41(37-17-11-7-12-18-37)43(29-13-8-14-30-43)39-25-21-36(22-26-39)16-10-6-4-2/h7,11-12,17-18,34-36,38-41H,3-6,8-10,13-16,19-33H2,1-2H3/t35-,36-,38-,39-,40?,41?,42?. The van der Waals surface area contributed by atoms with Gasteiger partial charge in [0.25, 0.3) is 6.47 Å². The molecule has 0 aromatic heterocycles. The predicted octanol–water partition coefficient (Wildman–Crippen LogP) is 13.0. The van der Waals surface area contributed by atoms with Crippen LogP contribution in [0.3, 0.4) is 0 Å². The second-order valence-corrected chi connectivity index (χ2v) is 16.7. The molecule has 1 atom stereocenters. The van der Waals surface area contributed by atoms with Gasteiger partial charge >= 0.3 is 0 Å². The molecule has 0 aliphatic heterocycles. The van der Waals surface area contributed by atoms with Crippen LogP contribution in [0.1, 0.15) is 192 Å². The first-order chi connectivity index (χ1) is 22.1. The molecule has 0 heterocycles. The summed E-state index contributed by atoms with van der Waals surface area (Å²) in [6.45, 7) is 5.41. The van der Waals surface area contributed by atoms with E-state index in [2.05, 4.69) is 44.2 Å². The maximum absolute atomic E-state index is 11.3. The Kier molecular flexibility index (Phi) is 13.8. The molecule has 1 aromatic rings. The Balaban J connectivity index is 1.41. The van der Waals surface area contributed by atoms with Gasteiger partial charge < -0.3 is 4.74 Å². The lowest BCUT2D eigenvalue weighted by Gasteiger charge is -2.56. The lowest BCUT2D eigenvalue weighted by Crippen LogP contribution is -2.46. The number of hydrogen-bond donors (Lipinski definition) is 0. The predicted molar refractivity (Wildman–Crippen MR) is 190 cm³/mol. The molecule has 1 aromatic carbocycles. The second-order valence-electron chi connectivity index (χ2n) is 16.7. The summed E-state index contributed by atoms with van der Waals surface area (Å²) >= 11 is 0. The van der Waals surface area contributed by atoms with E-state index in [0.717, 1.165) is 43.0 Å². The fourth-order valence-corrected chi connectivity index (χ4v) is 11.6. The first-order valence-corrected chi connectivity index (χ1v) is 20.3. The summed E-state index contributed by atoms with van der Waals surface area (Å²) < 4.78 is 5.62. The van der Waals surface area contributed by atoms with E-state index in [1.807, 2.05) is 0 Å². The van der Waals surface area contributed by atoms with Crippen LogP contribution in [0.15, 0.2) is 30.3 Å². The average Bonchev–Trinajstić information content (AvgIpc) is 3.10. The normalized spacial score (nSPS) is 32.9. The zero-order valence-electron chi connectivity index (χ0n) is 29.6. The Morgan fingerprint density at radius 3 is 1.78 bits per heavy atom. The van der Waals surface area contributed by atoms with Crippen LogP contribution >= 0.6 is 0 Å². The van der Waals surface area contributed by atoms with Crippen molar-refractivity contribution < 1.29 is 9.53 Å². The number of hydrogen-bond acceptors (Lipinski definition) is 2. The molecule has 0 amide bonds. The molecular weight excluding hydrogens is 548 g/mol. The van der Waals surface area contributed by atoms with Gasteiger partial charge in [-0.2, -0.15) is 0 Å². The van der Waals surface area contributed by atoms with E-state index in [9.17, 15) is 4.79 Å². The van der Waals surface area contributed by atoms with Crippen molar-refractivity contribution in [2.75, 3.05) is 0 Å². The van der Waals surface area contributed by atoms with Crippen molar-refractivity contribution >= 4 is 6.47 Å². The smallest absolute Gasteiger partial charge is 0.293 e. The number of unbranched alkanes of at least 4 members (excludes halogenated alkanes) is 4. The minimum absolute atomic E-state index is 0.141. The summed E-state index contributed by atoms with van der Waals surface area (Å²) in [5.74, 6) is 4.36. The Morgan fingerprint density at radius 2 is 1.24 bits per heavy atom. The number of benzene rings is 1. The molecular formula is C43H70O2. The molecule has 4 fully saturated rings. The van der Waals surface area contributed by atoms with Gasteiger partial charge in [-0.1, -0.05) is 140 Å². The minimum Gasteiger partial charge on any atom is -0.465 e. The SMILES string of the molecule is CCCCC[C@H]1CC[C@H](C2(CC(c3ccccc3)C3([C@H]4CC[C@H](CCCCC)CC4)CCCCC3)CCC(OC=O)CC2)CC1. The third kappa shape index (κ3) is 8.99. The van der Waals surface area contributed by atoms with E-state index < -0.39 is 0 Å². The molecule has 2 nitrogen and oxygen atoms in total. The zero-order chi connectivity index (χ0) is 31.4. The minimum atomic E-state index is 0.141. The van der Waals surface area contributed by atoms with Gasteiger partial charge in [-0.3, -0.25) is 4.79 Å². The quantitative estimate of drug-likeness (QED) is 0.136. The summed E-state index contributed by atoms with van der Waals surface area (Å²) in [6, 6.07) is 12.0. The molecule has 0 spiro atoms. The second kappa shape index (κ2) is 17.7. The highest BCUT2D eigenvalue weighted by Gasteiger charge is 2.52. The Morgan fingerprint density at radius 1 is 0.689 bits per heavy atom. The molecule has 0 saturated heterocycles. The van der Waals surface area contributed by atoms with E-state index in [-0.39, 0.29) is 6.10 Å². The number of ether oxygens (including phenoxy) is 1. The van der Waals surface area contributed by atoms with E-state index in [1.54, 1.807) is 5.56 Å². The van der Waals surface area contributed by atoms with Crippen molar-refractivity contribution in [3.8, 4) is 0 Å². The number of carbonyl (C=O) groups is 1. The molecule has 5 rings (SSSR count). The number of rotatable bonds is 16. The molecule has 0 bridgehead atoms. The third-order valence-electron chi connectivity index (χ3n) is 14.3. The monoisotopic (exact) mass is 619 g/mol. The summed E-state index contributed by atoms with van der Waals surface area (Å²) in [6.07, 6.45) is 36.4. The van der Waals surface area contributed by atoms with E-state index >= 15 is 0 Å². The van der Waals surface area contributed by atoms with Crippen LogP contribution in [-0.2, 0) is 9.53 Å². The fraction of sp³-hybridized carbons (Fsp3) is 0.837. The van der Waals surface area contributed by atoms with Crippen LogP contribution in [0.2, 0.25) is 0 Å². The molecule has 254 valence electrons. The molecule has 45 heavy (non-hydrogen) atoms. The van der Waals surface area contributed by atoms with E-state index in [1.165, 1.54) is 154 Å². The van der Waals surface area contributed by atoms with Crippen molar-refractivity contribution in [1.29, 1.82) is 0 Å². The van der Waals surface area contributed by atoms with Gasteiger partial charge in [0.15, 0.2) is 0 Å². The van der Waals surface area contributed by atoms with Crippen LogP contribution in [0.25, 0.3) is 0 Å². The Bertz CT molecular complexity index is 939.